The van der Waals surface area contributed by atoms with Gasteiger partial charge in [0.2, 0.25) is 0 Å². The molecule has 1 heterocycles. The maximum absolute atomic E-state index is 13.3. The van der Waals surface area contributed by atoms with Crippen molar-refractivity contribution in [3.8, 4) is 5.75 Å². The standard InChI is InChI=1S/C18H22F3N3O9/c19-18(20,21)17(23-24-17)13-2-1-12(10-33-22-16(27)28)14(9-13)32-8-7-30-4-3-29-5-6-31-11-15(25)26/h1-2,9,22H,3-8,10-11H2,(H,25,26)(H,27,28). The fourth-order valence-electron chi connectivity index (χ4n) is 2.45. The molecule has 12 nitrogen and oxygen atoms in total. The summed E-state index contributed by atoms with van der Waals surface area (Å²) in [6.45, 7) is 0.0422. The van der Waals surface area contributed by atoms with Crippen molar-refractivity contribution in [2.45, 2.75) is 18.4 Å². The molecule has 3 N–H and O–H groups in total. The van der Waals surface area contributed by atoms with Crippen LogP contribution >= 0.6 is 0 Å². The maximum atomic E-state index is 13.3. The highest BCUT2D eigenvalue weighted by atomic mass is 19.4. The molecule has 15 heteroatoms. The Bertz CT molecular complexity index is 830. The number of rotatable bonds is 16. The van der Waals surface area contributed by atoms with Gasteiger partial charge in [-0.25, -0.2) is 9.59 Å². The van der Waals surface area contributed by atoms with Crippen molar-refractivity contribution < 1.29 is 56.8 Å². The summed E-state index contributed by atoms with van der Waals surface area (Å²) in [6.07, 6.45) is -6.15. The number of carbonyl (C=O) groups is 2. The van der Waals surface area contributed by atoms with Crippen LogP contribution in [0.5, 0.6) is 5.75 Å². The van der Waals surface area contributed by atoms with E-state index in [4.69, 9.17) is 34.0 Å². The van der Waals surface area contributed by atoms with Gasteiger partial charge in [-0.1, -0.05) is 12.1 Å². The molecule has 0 saturated heterocycles. The van der Waals surface area contributed by atoms with Crippen LogP contribution in [0.2, 0.25) is 0 Å². The lowest BCUT2D eigenvalue weighted by molar-refractivity contribution is -0.166. The van der Waals surface area contributed by atoms with E-state index in [2.05, 4.69) is 10.2 Å². The van der Waals surface area contributed by atoms with Gasteiger partial charge in [0, 0.05) is 11.1 Å². The van der Waals surface area contributed by atoms with Crippen LogP contribution < -0.4 is 10.2 Å². The molecule has 184 valence electrons. The van der Waals surface area contributed by atoms with Crippen molar-refractivity contribution in [2.75, 3.05) is 46.2 Å². The minimum atomic E-state index is -4.71. The van der Waals surface area contributed by atoms with E-state index in [0.29, 0.717) is 0 Å². The predicted octanol–water partition coefficient (Wildman–Crippen LogP) is 2.08. The normalized spacial score (nSPS) is 14.2. The molecular formula is C18H22F3N3O9. The minimum Gasteiger partial charge on any atom is -0.491 e. The van der Waals surface area contributed by atoms with E-state index >= 15 is 0 Å². The summed E-state index contributed by atoms with van der Waals surface area (Å²) >= 11 is 0. The second-order valence-corrected chi connectivity index (χ2v) is 6.41. The van der Waals surface area contributed by atoms with Crippen LogP contribution in [0.25, 0.3) is 0 Å². The number of halogens is 3. The van der Waals surface area contributed by atoms with Crippen molar-refractivity contribution in [1.82, 2.24) is 5.48 Å². The zero-order valence-electron chi connectivity index (χ0n) is 17.2. The molecule has 1 amide bonds. The van der Waals surface area contributed by atoms with Crippen molar-refractivity contribution in [1.29, 1.82) is 0 Å². The monoisotopic (exact) mass is 481 g/mol. The number of carboxylic acids is 1. The Hall–Kier alpha value is -3.01. The molecule has 1 aliphatic heterocycles. The summed E-state index contributed by atoms with van der Waals surface area (Å²) in [6, 6.07) is 3.58. The summed E-state index contributed by atoms with van der Waals surface area (Å²) < 4.78 is 60.6. The summed E-state index contributed by atoms with van der Waals surface area (Å²) in [5.74, 6) is -1.05. The van der Waals surface area contributed by atoms with Crippen molar-refractivity contribution in [2.24, 2.45) is 10.2 Å². The Balaban J connectivity index is 1.80. The Labute approximate surface area is 185 Å². The highest BCUT2D eigenvalue weighted by Gasteiger charge is 2.65. The van der Waals surface area contributed by atoms with Crippen LogP contribution in [-0.4, -0.2) is 74.7 Å². The second kappa shape index (κ2) is 12.3. The third-order valence-corrected chi connectivity index (χ3v) is 4.01. The van der Waals surface area contributed by atoms with Gasteiger partial charge in [0.05, 0.1) is 33.0 Å². The molecule has 0 radical (unpaired) electrons. The Kier molecular flexibility index (Phi) is 9.77. The average Bonchev–Trinajstić information content (AvgIpc) is 3.54. The number of alkyl halides is 3. The van der Waals surface area contributed by atoms with Crippen LogP contribution in [0, 0.1) is 0 Å². The third kappa shape index (κ3) is 8.45. The lowest BCUT2D eigenvalue weighted by Crippen LogP contribution is -2.30. The second-order valence-electron chi connectivity index (χ2n) is 6.41. The minimum absolute atomic E-state index is 0.0241. The van der Waals surface area contributed by atoms with Gasteiger partial charge < -0.3 is 29.2 Å². The van der Waals surface area contributed by atoms with E-state index in [1.165, 1.54) is 6.07 Å². The number of aliphatic carboxylic acids is 1. The first kappa shape index (κ1) is 26.2. The number of hydrogen-bond acceptors (Lipinski definition) is 9. The number of amides is 1. The topological polar surface area (TPSA) is 158 Å². The molecule has 0 bridgehead atoms. The highest BCUT2D eigenvalue weighted by molar-refractivity contribution is 5.67. The molecule has 0 atom stereocenters. The van der Waals surface area contributed by atoms with E-state index in [0.717, 1.165) is 12.1 Å². The molecule has 33 heavy (non-hydrogen) atoms. The van der Waals surface area contributed by atoms with Crippen LogP contribution in [0.1, 0.15) is 11.1 Å². The first-order valence-electron chi connectivity index (χ1n) is 9.48. The quantitative estimate of drug-likeness (QED) is 0.237. The largest absolute Gasteiger partial charge is 0.491 e. The van der Waals surface area contributed by atoms with Crippen molar-refractivity contribution in [3.63, 3.8) is 0 Å². The van der Waals surface area contributed by atoms with Gasteiger partial charge >= 0.3 is 23.9 Å². The van der Waals surface area contributed by atoms with Gasteiger partial charge in [-0.15, -0.1) is 10.2 Å². The zero-order chi connectivity index (χ0) is 24.3. The highest BCUT2D eigenvalue weighted by Crippen LogP contribution is 2.53. The van der Waals surface area contributed by atoms with E-state index in [9.17, 15) is 22.8 Å². The number of hydrogen-bond donors (Lipinski definition) is 3. The van der Waals surface area contributed by atoms with E-state index < -0.39 is 30.5 Å². The molecule has 0 unspecified atom stereocenters. The molecule has 2 rings (SSSR count). The van der Waals surface area contributed by atoms with Gasteiger partial charge in [-0.05, 0) is 6.07 Å². The molecule has 1 aliphatic rings. The van der Waals surface area contributed by atoms with E-state index in [1.54, 1.807) is 5.48 Å². The SMILES string of the molecule is O=C(O)COCCOCCOCCOc1cc(C2(C(F)(F)F)N=N2)ccc1CONC(=O)O. The molecule has 1 aromatic rings. The van der Waals surface area contributed by atoms with Crippen molar-refractivity contribution in [3.05, 3.63) is 29.3 Å². The fourth-order valence-corrected chi connectivity index (χ4v) is 2.45. The Morgan fingerprint density at radius 1 is 0.970 bits per heavy atom. The summed E-state index contributed by atoms with van der Waals surface area (Å²) in [5.41, 5.74) is -0.912. The first-order chi connectivity index (χ1) is 15.7. The summed E-state index contributed by atoms with van der Waals surface area (Å²) in [4.78, 5) is 25.5. The Morgan fingerprint density at radius 2 is 1.58 bits per heavy atom. The van der Waals surface area contributed by atoms with Gasteiger partial charge in [0.25, 0.3) is 0 Å². The molecule has 0 saturated carbocycles. The van der Waals surface area contributed by atoms with Gasteiger partial charge in [-0.3, -0.25) is 4.84 Å². The van der Waals surface area contributed by atoms with Gasteiger partial charge in [0.15, 0.2) is 0 Å². The number of carboxylic acid groups (broad SMARTS) is 2. The van der Waals surface area contributed by atoms with Crippen molar-refractivity contribution >= 4 is 12.1 Å². The number of ether oxygens (including phenoxy) is 4. The third-order valence-electron chi connectivity index (χ3n) is 4.01. The van der Waals surface area contributed by atoms with Crippen LogP contribution in [-0.2, 0) is 36.1 Å². The molecule has 0 fully saturated rings. The van der Waals surface area contributed by atoms with E-state index in [1.807, 2.05) is 0 Å². The first-order valence-corrected chi connectivity index (χ1v) is 9.48. The van der Waals surface area contributed by atoms with E-state index in [-0.39, 0.29) is 63.1 Å². The van der Waals surface area contributed by atoms with Crippen LogP contribution in [0.3, 0.4) is 0 Å². The number of nitrogens with zero attached hydrogens (tertiary/aromatic N) is 2. The lowest BCUT2D eigenvalue weighted by Gasteiger charge is -2.18. The lowest BCUT2D eigenvalue weighted by atomic mass is 10.0. The predicted molar refractivity (Wildman–Crippen MR) is 101 cm³/mol. The van der Waals surface area contributed by atoms with Gasteiger partial charge in [0.1, 0.15) is 25.6 Å². The van der Waals surface area contributed by atoms with Crippen LogP contribution in [0.15, 0.2) is 28.4 Å². The molecule has 0 aromatic heterocycles. The number of benzene rings is 1. The molecular weight excluding hydrogens is 459 g/mol. The summed E-state index contributed by atoms with van der Waals surface area (Å²) in [7, 11) is 0. The average molecular weight is 481 g/mol. The smallest absolute Gasteiger partial charge is 0.442 e. The molecule has 0 spiro atoms. The Morgan fingerprint density at radius 3 is 2.12 bits per heavy atom. The molecule has 0 aliphatic carbocycles. The maximum Gasteiger partial charge on any atom is 0.442 e. The fraction of sp³-hybridized carbons (Fsp3) is 0.556. The van der Waals surface area contributed by atoms with Crippen LogP contribution in [0.4, 0.5) is 18.0 Å². The molecule has 1 aromatic carbocycles. The number of hydroxylamine groups is 1. The summed E-state index contributed by atoms with van der Waals surface area (Å²) in [5, 5.41) is 23.3. The number of nitrogens with one attached hydrogen (secondary N) is 1. The zero-order valence-corrected chi connectivity index (χ0v) is 17.2. The van der Waals surface area contributed by atoms with Gasteiger partial charge in [-0.2, -0.15) is 18.7 Å².